The monoisotopic (exact) mass is 313 g/mol. The Morgan fingerprint density at radius 2 is 2.00 bits per heavy atom. The first-order chi connectivity index (χ1) is 11.1. The largest absolute Gasteiger partial charge is 0.478 e. The molecule has 5 nitrogen and oxygen atoms in total. The fourth-order valence-corrected chi connectivity index (χ4v) is 2.89. The highest BCUT2D eigenvalue weighted by atomic mass is 16.4. The maximum atomic E-state index is 12.8. The van der Waals surface area contributed by atoms with E-state index in [9.17, 15) is 14.7 Å². The van der Waals surface area contributed by atoms with Gasteiger partial charge in [-0.1, -0.05) is 18.2 Å². The fraction of sp³-hybridized carbons (Fsp3) is 0.333. The smallest absolute Gasteiger partial charge is 0.335 e. The van der Waals surface area contributed by atoms with Crippen LogP contribution in [0.1, 0.15) is 47.5 Å². The van der Waals surface area contributed by atoms with Crippen molar-refractivity contribution in [1.82, 2.24) is 4.90 Å². The average Bonchev–Trinajstić information content (AvgIpc) is 3.19. The van der Waals surface area contributed by atoms with Crippen LogP contribution in [-0.4, -0.2) is 27.9 Å². The molecule has 1 amide bonds. The van der Waals surface area contributed by atoms with Crippen LogP contribution in [0, 0.1) is 0 Å². The van der Waals surface area contributed by atoms with Crippen LogP contribution in [0.25, 0.3) is 0 Å². The summed E-state index contributed by atoms with van der Waals surface area (Å²) < 4.78 is 5.43. The Balaban J connectivity index is 1.82. The molecule has 1 fully saturated rings. The van der Waals surface area contributed by atoms with Crippen LogP contribution in [0.3, 0.4) is 0 Å². The molecular formula is C18H19NO4. The van der Waals surface area contributed by atoms with Crippen LogP contribution in [0.4, 0.5) is 0 Å². The van der Waals surface area contributed by atoms with Crippen molar-refractivity contribution in [2.24, 2.45) is 0 Å². The Labute approximate surface area is 134 Å². The van der Waals surface area contributed by atoms with E-state index in [1.54, 1.807) is 30.5 Å². The van der Waals surface area contributed by atoms with Gasteiger partial charge in [-0.2, -0.15) is 0 Å². The molecule has 1 N–H and O–H groups in total. The van der Waals surface area contributed by atoms with E-state index >= 15 is 0 Å². The number of carbonyl (C=O) groups excluding carboxylic acids is 1. The number of nitrogens with zero attached hydrogens (tertiary/aromatic N) is 1. The second-order valence-electron chi connectivity index (χ2n) is 5.86. The lowest BCUT2D eigenvalue weighted by molar-refractivity contribution is -0.133. The van der Waals surface area contributed by atoms with Crippen molar-refractivity contribution < 1.29 is 19.1 Å². The lowest BCUT2D eigenvalue weighted by Crippen LogP contribution is -2.36. The van der Waals surface area contributed by atoms with Gasteiger partial charge >= 0.3 is 5.97 Å². The molecule has 1 unspecified atom stereocenters. The van der Waals surface area contributed by atoms with E-state index in [1.165, 1.54) is 6.07 Å². The highest BCUT2D eigenvalue weighted by Crippen LogP contribution is 2.35. The number of hydrogen-bond acceptors (Lipinski definition) is 3. The summed E-state index contributed by atoms with van der Waals surface area (Å²) in [6, 6.07) is 10.4. The number of carboxylic acid groups (broad SMARTS) is 1. The van der Waals surface area contributed by atoms with Crippen LogP contribution in [0.5, 0.6) is 0 Å². The molecule has 1 atom stereocenters. The molecule has 0 bridgehead atoms. The average molecular weight is 313 g/mol. The van der Waals surface area contributed by atoms with Gasteiger partial charge in [0.2, 0.25) is 5.91 Å². The third-order valence-corrected chi connectivity index (χ3v) is 4.19. The molecule has 2 aromatic rings. The van der Waals surface area contributed by atoms with Crippen LogP contribution in [0.2, 0.25) is 0 Å². The molecule has 0 aliphatic heterocycles. The summed E-state index contributed by atoms with van der Waals surface area (Å²) in [6.07, 6.45) is 3.65. The first kappa shape index (κ1) is 15.3. The molecule has 1 aromatic heterocycles. The molecule has 3 rings (SSSR count). The summed E-state index contributed by atoms with van der Waals surface area (Å²) in [5.41, 5.74) is 0.726. The van der Waals surface area contributed by atoms with Crippen molar-refractivity contribution in [3.8, 4) is 0 Å². The van der Waals surface area contributed by atoms with E-state index in [4.69, 9.17) is 4.42 Å². The molecule has 5 heteroatoms. The van der Waals surface area contributed by atoms with Gasteiger partial charge in [-0.25, -0.2) is 4.79 Å². The zero-order valence-corrected chi connectivity index (χ0v) is 12.9. The zero-order chi connectivity index (χ0) is 16.4. The molecule has 0 radical (unpaired) electrons. The Morgan fingerprint density at radius 1 is 1.26 bits per heavy atom. The minimum atomic E-state index is -1.01. The minimum Gasteiger partial charge on any atom is -0.478 e. The number of furan rings is 1. The van der Waals surface area contributed by atoms with Crippen molar-refractivity contribution in [3.63, 3.8) is 0 Å². The van der Waals surface area contributed by atoms with Crippen molar-refractivity contribution in [1.29, 1.82) is 0 Å². The SMILES string of the molecule is CC(c1ccco1)N(C(=O)Cc1ccccc1C(=O)O)C1CC1. The Hall–Kier alpha value is -2.56. The molecule has 120 valence electrons. The molecule has 0 spiro atoms. The number of aromatic carboxylic acids is 1. The fourth-order valence-electron chi connectivity index (χ4n) is 2.89. The van der Waals surface area contributed by atoms with Gasteiger partial charge < -0.3 is 14.4 Å². The molecule has 1 aromatic carbocycles. The maximum Gasteiger partial charge on any atom is 0.335 e. The van der Waals surface area contributed by atoms with E-state index in [-0.39, 0.29) is 30.0 Å². The highest BCUT2D eigenvalue weighted by molar-refractivity contribution is 5.91. The molecule has 1 aliphatic rings. The maximum absolute atomic E-state index is 12.8. The summed E-state index contributed by atoms with van der Waals surface area (Å²) in [7, 11) is 0. The van der Waals surface area contributed by atoms with Crippen LogP contribution >= 0.6 is 0 Å². The van der Waals surface area contributed by atoms with E-state index in [0.29, 0.717) is 5.56 Å². The zero-order valence-electron chi connectivity index (χ0n) is 12.9. The van der Waals surface area contributed by atoms with Crippen molar-refractivity contribution in [2.45, 2.75) is 38.3 Å². The van der Waals surface area contributed by atoms with Crippen molar-refractivity contribution >= 4 is 11.9 Å². The quantitative estimate of drug-likeness (QED) is 0.888. The van der Waals surface area contributed by atoms with E-state index in [2.05, 4.69) is 0 Å². The highest BCUT2D eigenvalue weighted by Gasteiger charge is 2.37. The van der Waals surface area contributed by atoms with Gasteiger partial charge in [-0.05, 0) is 43.5 Å². The Morgan fingerprint density at radius 3 is 2.61 bits per heavy atom. The Kier molecular flexibility index (Phi) is 4.19. The summed E-state index contributed by atoms with van der Waals surface area (Å²) in [4.78, 5) is 25.9. The van der Waals surface area contributed by atoms with Gasteiger partial charge in [0.15, 0.2) is 0 Å². The molecule has 23 heavy (non-hydrogen) atoms. The molecule has 1 aliphatic carbocycles. The molecular weight excluding hydrogens is 294 g/mol. The van der Waals surface area contributed by atoms with Crippen molar-refractivity contribution in [3.05, 3.63) is 59.5 Å². The first-order valence-corrected chi connectivity index (χ1v) is 7.73. The van der Waals surface area contributed by atoms with Gasteiger partial charge in [0.1, 0.15) is 5.76 Å². The van der Waals surface area contributed by atoms with E-state index in [1.807, 2.05) is 17.9 Å². The van der Waals surface area contributed by atoms with Gasteiger partial charge in [-0.15, -0.1) is 0 Å². The lowest BCUT2D eigenvalue weighted by Gasteiger charge is -2.28. The Bertz CT molecular complexity index is 704. The predicted octanol–water partition coefficient (Wildman–Crippen LogP) is 3.27. The third kappa shape index (κ3) is 3.28. The predicted molar refractivity (Wildman–Crippen MR) is 84.1 cm³/mol. The van der Waals surface area contributed by atoms with Crippen LogP contribution < -0.4 is 0 Å². The number of carbonyl (C=O) groups is 2. The van der Waals surface area contributed by atoms with Crippen LogP contribution in [-0.2, 0) is 11.2 Å². The van der Waals surface area contributed by atoms with Gasteiger partial charge in [0, 0.05) is 6.04 Å². The minimum absolute atomic E-state index is 0.0647. The second kappa shape index (κ2) is 6.28. The first-order valence-electron chi connectivity index (χ1n) is 7.73. The normalized spacial score (nSPS) is 15.2. The van der Waals surface area contributed by atoms with Gasteiger partial charge in [0.25, 0.3) is 0 Å². The van der Waals surface area contributed by atoms with E-state index in [0.717, 1.165) is 18.6 Å². The van der Waals surface area contributed by atoms with Crippen molar-refractivity contribution in [2.75, 3.05) is 0 Å². The number of amides is 1. The topological polar surface area (TPSA) is 70.8 Å². The molecule has 0 saturated heterocycles. The second-order valence-corrected chi connectivity index (χ2v) is 5.86. The van der Waals surface area contributed by atoms with Crippen LogP contribution in [0.15, 0.2) is 47.1 Å². The van der Waals surface area contributed by atoms with Gasteiger partial charge in [-0.3, -0.25) is 4.79 Å². The standard InChI is InChI=1S/C18H19NO4/c1-12(16-7-4-10-23-16)19(14-8-9-14)17(20)11-13-5-2-3-6-15(13)18(21)22/h2-7,10,12,14H,8-9,11H2,1H3,(H,21,22). The summed E-state index contributed by atoms with van der Waals surface area (Å²) in [6.45, 7) is 1.94. The third-order valence-electron chi connectivity index (χ3n) is 4.19. The van der Waals surface area contributed by atoms with E-state index < -0.39 is 5.97 Å². The number of hydrogen-bond donors (Lipinski definition) is 1. The summed E-state index contributed by atoms with van der Waals surface area (Å²) in [5, 5.41) is 9.26. The molecule has 1 saturated carbocycles. The number of rotatable bonds is 6. The summed E-state index contributed by atoms with van der Waals surface area (Å²) >= 11 is 0. The lowest BCUT2D eigenvalue weighted by atomic mass is 10.0. The number of benzene rings is 1. The number of carboxylic acids is 1. The van der Waals surface area contributed by atoms with Gasteiger partial charge in [0.05, 0.1) is 24.3 Å². The summed E-state index contributed by atoms with van der Waals surface area (Å²) in [5.74, 6) is -0.327. The molecule has 1 heterocycles.